The molecule has 1 heterocycles. The fourth-order valence-electron chi connectivity index (χ4n) is 1.33. The van der Waals surface area contributed by atoms with Crippen molar-refractivity contribution in [2.45, 2.75) is 38.8 Å². The molecule has 16 heavy (non-hydrogen) atoms. The van der Waals surface area contributed by atoms with Crippen LogP contribution in [-0.2, 0) is 0 Å². The SMILES string of the molecule is CCC(C)(O)CNC(C)c1cccnc1Cl. The minimum Gasteiger partial charge on any atom is -0.389 e. The smallest absolute Gasteiger partial charge is 0.133 e. The summed E-state index contributed by atoms with van der Waals surface area (Å²) in [5.41, 5.74) is 0.277. The van der Waals surface area contributed by atoms with Gasteiger partial charge in [-0.15, -0.1) is 0 Å². The first kappa shape index (κ1) is 13.4. The van der Waals surface area contributed by atoms with E-state index in [1.807, 2.05) is 32.9 Å². The van der Waals surface area contributed by atoms with E-state index >= 15 is 0 Å². The number of aliphatic hydroxyl groups is 1. The minimum atomic E-state index is -0.678. The van der Waals surface area contributed by atoms with E-state index in [4.69, 9.17) is 11.6 Å². The van der Waals surface area contributed by atoms with Gasteiger partial charge in [0.1, 0.15) is 5.15 Å². The lowest BCUT2D eigenvalue weighted by Gasteiger charge is -2.24. The zero-order chi connectivity index (χ0) is 12.2. The average molecular weight is 243 g/mol. The molecule has 0 aliphatic rings. The Morgan fingerprint density at radius 1 is 1.62 bits per heavy atom. The maximum atomic E-state index is 9.88. The largest absolute Gasteiger partial charge is 0.389 e. The molecule has 0 bridgehead atoms. The third-order valence-corrected chi connectivity index (χ3v) is 3.12. The summed E-state index contributed by atoms with van der Waals surface area (Å²) >= 11 is 5.99. The van der Waals surface area contributed by atoms with E-state index < -0.39 is 5.60 Å². The predicted octanol–water partition coefficient (Wildman–Crippen LogP) is 2.55. The lowest BCUT2D eigenvalue weighted by atomic mass is 10.0. The van der Waals surface area contributed by atoms with Crippen molar-refractivity contribution in [2.75, 3.05) is 6.54 Å². The number of halogens is 1. The molecule has 2 atom stereocenters. The van der Waals surface area contributed by atoms with Gasteiger partial charge in [-0.1, -0.05) is 24.6 Å². The number of pyridine rings is 1. The lowest BCUT2D eigenvalue weighted by Crippen LogP contribution is -2.38. The second kappa shape index (κ2) is 5.62. The standard InChI is InChI=1S/C12H19ClN2O/c1-4-12(3,16)8-15-9(2)10-6-5-7-14-11(10)13/h5-7,9,15-16H,4,8H2,1-3H3. The monoisotopic (exact) mass is 242 g/mol. The summed E-state index contributed by atoms with van der Waals surface area (Å²) in [4.78, 5) is 4.03. The van der Waals surface area contributed by atoms with Crippen molar-refractivity contribution in [1.82, 2.24) is 10.3 Å². The van der Waals surface area contributed by atoms with Crippen molar-refractivity contribution in [2.24, 2.45) is 0 Å². The third-order valence-electron chi connectivity index (χ3n) is 2.81. The molecule has 0 aromatic carbocycles. The molecule has 3 nitrogen and oxygen atoms in total. The van der Waals surface area contributed by atoms with Gasteiger partial charge in [0, 0.05) is 24.3 Å². The van der Waals surface area contributed by atoms with Crippen molar-refractivity contribution in [3.05, 3.63) is 29.0 Å². The van der Waals surface area contributed by atoms with Crippen molar-refractivity contribution in [3.63, 3.8) is 0 Å². The van der Waals surface area contributed by atoms with E-state index in [0.717, 1.165) is 5.56 Å². The van der Waals surface area contributed by atoms with Crippen molar-refractivity contribution >= 4 is 11.6 Å². The van der Waals surface area contributed by atoms with Crippen LogP contribution >= 0.6 is 11.6 Å². The van der Waals surface area contributed by atoms with E-state index in [0.29, 0.717) is 18.1 Å². The highest BCUT2D eigenvalue weighted by atomic mass is 35.5. The Morgan fingerprint density at radius 2 is 2.31 bits per heavy atom. The van der Waals surface area contributed by atoms with E-state index in [9.17, 15) is 5.11 Å². The highest BCUT2D eigenvalue weighted by molar-refractivity contribution is 6.30. The first-order valence-electron chi connectivity index (χ1n) is 5.52. The Morgan fingerprint density at radius 3 is 2.88 bits per heavy atom. The molecular formula is C12H19ClN2O. The van der Waals surface area contributed by atoms with E-state index in [1.54, 1.807) is 6.20 Å². The molecule has 0 amide bonds. The highest BCUT2D eigenvalue weighted by Crippen LogP contribution is 2.20. The highest BCUT2D eigenvalue weighted by Gasteiger charge is 2.19. The van der Waals surface area contributed by atoms with E-state index in [-0.39, 0.29) is 6.04 Å². The molecular weight excluding hydrogens is 224 g/mol. The van der Waals surface area contributed by atoms with Crippen LogP contribution in [0.1, 0.15) is 38.8 Å². The maximum Gasteiger partial charge on any atom is 0.133 e. The molecule has 1 aromatic rings. The summed E-state index contributed by atoms with van der Waals surface area (Å²) in [6.45, 7) is 6.32. The van der Waals surface area contributed by atoms with Gasteiger partial charge in [0.05, 0.1) is 5.60 Å². The second-order valence-electron chi connectivity index (χ2n) is 4.34. The van der Waals surface area contributed by atoms with Gasteiger partial charge in [-0.3, -0.25) is 0 Å². The fourth-order valence-corrected chi connectivity index (χ4v) is 1.61. The summed E-state index contributed by atoms with van der Waals surface area (Å²) in [5.74, 6) is 0. The number of hydrogen-bond acceptors (Lipinski definition) is 3. The Labute approximate surface area is 102 Å². The molecule has 0 spiro atoms. The Hall–Kier alpha value is -0.640. The average Bonchev–Trinajstić information content (AvgIpc) is 2.27. The van der Waals surface area contributed by atoms with E-state index in [1.165, 1.54) is 0 Å². The molecule has 0 fully saturated rings. The molecule has 1 aromatic heterocycles. The van der Waals surface area contributed by atoms with Crippen molar-refractivity contribution < 1.29 is 5.11 Å². The zero-order valence-corrected chi connectivity index (χ0v) is 10.8. The van der Waals surface area contributed by atoms with Crippen LogP contribution in [0.4, 0.5) is 0 Å². The van der Waals surface area contributed by atoms with Gasteiger partial charge in [0.25, 0.3) is 0 Å². The molecule has 0 radical (unpaired) electrons. The molecule has 90 valence electrons. The minimum absolute atomic E-state index is 0.0826. The molecule has 2 unspecified atom stereocenters. The summed E-state index contributed by atoms with van der Waals surface area (Å²) in [6.07, 6.45) is 2.38. The van der Waals surface area contributed by atoms with Gasteiger partial charge in [-0.05, 0) is 26.3 Å². The summed E-state index contributed by atoms with van der Waals surface area (Å²) in [7, 11) is 0. The summed E-state index contributed by atoms with van der Waals surface area (Å²) in [6, 6.07) is 3.88. The van der Waals surface area contributed by atoms with Gasteiger partial charge < -0.3 is 10.4 Å². The van der Waals surface area contributed by atoms with Crippen LogP contribution < -0.4 is 5.32 Å². The van der Waals surface area contributed by atoms with Crippen LogP contribution in [0, 0.1) is 0 Å². The lowest BCUT2D eigenvalue weighted by molar-refractivity contribution is 0.0533. The van der Waals surface area contributed by atoms with Crippen LogP contribution in [0.2, 0.25) is 5.15 Å². The molecule has 0 aliphatic carbocycles. The number of nitrogens with zero attached hydrogens (tertiary/aromatic N) is 1. The topological polar surface area (TPSA) is 45.1 Å². The fraction of sp³-hybridized carbons (Fsp3) is 0.583. The first-order chi connectivity index (χ1) is 7.46. The van der Waals surface area contributed by atoms with Gasteiger partial charge in [-0.2, -0.15) is 0 Å². The van der Waals surface area contributed by atoms with E-state index in [2.05, 4.69) is 10.3 Å². The van der Waals surface area contributed by atoms with Crippen LogP contribution in [-0.4, -0.2) is 22.2 Å². The third kappa shape index (κ3) is 3.74. The number of nitrogens with one attached hydrogen (secondary N) is 1. The van der Waals surface area contributed by atoms with Crippen molar-refractivity contribution in [3.8, 4) is 0 Å². The maximum absolute atomic E-state index is 9.88. The van der Waals surface area contributed by atoms with Gasteiger partial charge >= 0.3 is 0 Å². The first-order valence-corrected chi connectivity index (χ1v) is 5.90. The molecule has 0 saturated carbocycles. The van der Waals surface area contributed by atoms with Crippen LogP contribution in [0.15, 0.2) is 18.3 Å². The van der Waals surface area contributed by atoms with Gasteiger partial charge in [-0.25, -0.2) is 4.98 Å². The Kier molecular flexibility index (Phi) is 4.71. The van der Waals surface area contributed by atoms with Gasteiger partial charge in [0.15, 0.2) is 0 Å². The van der Waals surface area contributed by atoms with Crippen LogP contribution in [0.3, 0.4) is 0 Å². The quantitative estimate of drug-likeness (QED) is 0.780. The molecule has 1 rings (SSSR count). The molecule has 0 saturated heterocycles. The van der Waals surface area contributed by atoms with Gasteiger partial charge in [0.2, 0.25) is 0 Å². The molecule has 4 heteroatoms. The van der Waals surface area contributed by atoms with Crippen molar-refractivity contribution in [1.29, 1.82) is 0 Å². The van der Waals surface area contributed by atoms with Crippen LogP contribution in [0.5, 0.6) is 0 Å². The molecule has 0 aliphatic heterocycles. The molecule has 2 N–H and O–H groups in total. The zero-order valence-electron chi connectivity index (χ0n) is 10.00. The summed E-state index contributed by atoms with van der Waals surface area (Å²) in [5, 5.41) is 13.6. The number of hydrogen-bond donors (Lipinski definition) is 2. The van der Waals surface area contributed by atoms with Crippen LogP contribution in [0.25, 0.3) is 0 Å². The Bertz CT molecular complexity index is 342. The normalized spacial score (nSPS) is 16.8. The predicted molar refractivity (Wildman–Crippen MR) is 66.6 cm³/mol. The number of aromatic nitrogens is 1. The summed E-state index contributed by atoms with van der Waals surface area (Å²) < 4.78 is 0. The second-order valence-corrected chi connectivity index (χ2v) is 4.69. The Balaban J connectivity index is 2.60. The number of rotatable bonds is 5.